The van der Waals surface area contributed by atoms with Gasteiger partial charge < -0.3 is 24.6 Å². The van der Waals surface area contributed by atoms with Crippen molar-refractivity contribution in [1.82, 2.24) is 5.16 Å². The molecule has 3 aromatic rings. The van der Waals surface area contributed by atoms with Crippen LogP contribution in [0, 0.1) is 13.8 Å². The molecule has 0 spiro atoms. The third kappa shape index (κ3) is 6.36. The van der Waals surface area contributed by atoms with Gasteiger partial charge in [0.1, 0.15) is 12.4 Å². The van der Waals surface area contributed by atoms with Gasteiger partial charge in [0, 0.05) is 18.7 Å². The monoisotopic (exact) mass is 469 g/mol. The average molecular weight is 470 g/mol. The normalized spacial score (nSPS) is 10.8. The van der Waals surface area contributed by atoms with Crippen molar-refractivity contribution in [2.24, 2.45) is 0 Å². The fraction of sp³-hybridized carbons (Fsp3) is 0.208. The number of amides is 2. The summed E-state index contributed by atoms with van der Waals surface area (Å²) in [5.74, 6) is 1.23. The van der Waals surface area contributed by atoms with Crippen molar-refractivity contribution in [3.05, 3.63) is 70.1 Å². The molecule has 0 unspecified atom stereocenters. The Labute approximate surface area is 196 Å². The van der Waals surface area contributed by atoms with Gasteiger partial charge in [0.25, 0.3) is 0 Å². The number of halogens is 1. The summed E-state index contributed by atoms with van der Waals surface area (Å²) < 4.78 is 16.5. The Hall–Kier alpha value is -3.78. The molecule has 0 radical (unpaired) electrons. The van der Waals surface area contributed by atoms with Gasteiger partial charge in [-0.15, -0.1) is 0 Å². The molecule has 1 heterocycles. The van der Waals surface area contributed by atoms with Crippen LogP contribution in [0.3, 0.4) is 0 Å². The van der Waals surface area contributed by atoms with Crippen LogP contribution in [-0.2, 0) is 16.2 Å². The van der Waals surface area contributed by atoms with Crippen LogP contribution in [0.2, 0.25) is 5.02 Å². The fourth-order valence-corrected chi connectivity index (χ4v) is 3.24. The smallest absolute Gasteiger partial charge is 0.248 e. The maximum absolute atomic E-state index is 12.3. The number of nitrogens with one attached hydrogen (secondary N) is 2. The molecule has 0 bridgehead atoms. The second-order valence-electron chi connectivity index (χ2n) is 7.20. The third-order valence-electron chi connectivity index (χ3n) is 4.72. The Bertz CT molecular complexity index is 1180. The fourth-order valence-electron chi connectivity index (χ4n) is 3.01. The first-order valence-corrected chi connectivity index (χ1v) is 10.4. The zero-order valence-corrected chi connectivity index (χ0v) is 19.4. The number of carbonyl (C=O) groups excluding carboxylic acids is 2. The Morgan fingerprint density at radius 1 is 1.12 bits per heavy atom. The van der Waals surface area contributed by atoms with Crippen LogP contribution < -0.4 is 20.1 Å². The van der Waals surface area contributed by atoms with E-state index in [0.717, 1.165) is 16.8 Å². The number of rotatable bonds is 8. The predicted octanol–water partition coefficient (Wildman–Crippen LogP) is 5.14. The van der Waals surface area contributed by atoms with Gasteiger partial charge in [0.2, 0.25) is 11.8 Å². The lowest BCUT2D eigenvalue weighted by Gasteiger charge is -2.11. The first-order chi connectivity index (χ1) is 15.8. The molecule has 0 atom stereocenters. The second kappa shape index (κ2) is 10.7. The summed E-state index contributed by atoms with van der Waals surface area (Å²) in [6.45, 7) is 5.40. The Morgan fingerprint density at radius 3 is 2.55 bits per heavy atom. The summed E-state index contributed by atoms with van der Waals surface area (Å²) in [5.41, 5.74) is 3.40. The zero-order chi connectivity index (χ0) is 24.0. The predicted molar refractivity (Wildman–Crippen MR) is 127 cm³/mol. The summed E-state index contributed by atoms with van der Waals surface area (Å²) >= 11 is 6.19. The van der Waals surface area contributed by atoms with Crippen LogP contribution in [0.25, 0.3) is 6.08 Å². The van der Waals surface area contributed by atoms with Crippen molar-refractivity contribution >= 4 is 40.9 Å². The van der Waals surface area contributed by atoms with E-state index in [2.05, 4.69) is 15.8 Å². The Balaban J connectivity index is 1.64. The highest BCUT2D eigenvalue weighted by Crippen LogP contribution is 2.30. The molecule has 0 aliphatic carbocycles. The quantitative estimate of drug-likeness (QED) is 0.442. The van der Waals surface area contributed by atoms with E-state index >= 15 is 0 Å². The highest BCUT2D eigenvalue weighted by Gasteiger charge is 2.12. The molecule has 9 heteroatoms. The van der Waals surface area contributed by atoms with Gasteiger partial charge in [0.15, 0.2) is 11.5 Å². The molecule has 0 saturated heterocycles. The van der Waals surface area contributed by atoms with E-state index in [1.165, 1.54) is 13.0 Å². The molecule has 3 rings (SSSR count). The van der Waals surface area contributed by atoms with E-state index < -0.39 is 0 Å². The van der Waals surface area contributed by atoms with Gasteiger partial charge >= 0.3 is 0 Å². The minimum absolute atomic E-state index is 0.207. The van der Waals surface area contributed by atoms with Gasteiger partial charge in [-0.25, -0.2) is 0 Å². The summed E-state index contributed by atoms with van der Waals surface area (Å²) in [6, 6.07) is 10.2. The first kappa shape index (κ1) is 23.9. The van der Waals surface area contributed by atoms with Crippen molar-refractivity contribution in [3.63, 3.8) is 0 Å². The van der Waals surface area contributed by atoms with Crippen LogP contribution in [0.15, 0.2) is 47.0 Å². The van der Waals surface area contributed by atoms with E-state index in [1.807, 2.05) is 19.9 Å². The lowest BCUT2D eigenvalue weighted by atomic mass is 10.1. The van der Waals surface area contributed by atoms with Crippen LogP contribution in [0.1, 0.15) is 29.5 Å². The lowest BCUT2D eigenvalue weighted by molar-refractivity contribution is -0.114. The number of ether oxygens (including phenoxy) is 2. The van der Waals surface area contributed by atoms with E-state index in [9.17, 15) is 9.59 Å². The van der Waals surface area contributed by atoms with Gasteiger partial charge in [-0.05, 0) is 55.8 Å². The van der Waals surface area contributed by atoms with Gasteiger partial charge in [-0.3, -0.25) is 9.59 Å². The lowest BCUT2D eigenvalue weighted by Crippen LogP contribution is -2.09. The van der Waals surface area contributed by atoms with E-state index in [4.69, 9.17) is 25.6 Å². The van der Waals surface area contributed by atoms with Crippen molar-refractivity contribution in [2.75, 3.05) is 17.7 Å². The summed E-state index contributed by atoms with van der Waals surface area (Å²) in [5, 5.41) is 9.57. The summed E-state index contributed by atoms with van der Waals surface area (Å²) in [6.07, 6.45) is 3.03. The molecule has 2 aromatic carbocycles. The Morgan fingerprint density at radius 2 is 1.91 bits per heavy atom. The van der Waals surface area contributed by atoms with Gasteiger partial charge in [-0.2, -0.15) is 0 Å². The molecule has 0 aliphatic rings. The van der Waals surface area contributed by atoms with Crippen LogP contribution in [0.4, 0.5) is 11.4 Å². The van der Waals surface area contributed by atoms with E-state index in [0.29, 0.717) is 40.3 Å². The SMILES string of the molecule is COc1cc(/C=C/C(=O)Nc2ccc(NC(C)=O)cc2Cl)ccc1OCc1c(C)noc1C. The highest BCUT2D eigenvalue weighted by atomic mass is 35.5. The number of aromatic nitrogens is 1. The molecule has 8 nitrogen and oxygen atoms in total. The third-order valence-corrected chi connectivity index (χ3v) is 5.03. The van der Waals surface area contributed by atoms with Crippen molar-refractivity contribution < 1.29 is 23.6 Å². The molecule has 0 fully saturated rings. The number of aryl methyl sites for hydroxylation is 2. The minimum Gasteiger partial charge on any atom is -0.493 e. The molecular weight excluding hydrogens is 446 g/mol. The van der Waals surface area contributed by atoms with Crippen LogP contribution in [-0.4, -0.2) is 24.1 Å². The number of carbonyl (C=O) groups is 2. The van der Waals surface area contributed by atoms with Crippen molar-refractivity contribution in [2.45, 2.75) is 27.4 Å². The second-order valence-corrected chi connectivity index (χ2v) is 7.61. The zero-order valence-electron chi connectivity index (χ0n) is 18.7. The Kier molecular flexibility index (Phi) is 7.74. The molecule has 2 N–H and O–H groups in total. The standard InChI is InChI=1S/C24H24ClN3O5/c1-14-19(15(2)33-28-14)13-32-22-9-5-17(11-23(22)31-4)6-10-24(30)27-21-8-7-18(12-20(21)25)26-16(3)29/h5-12H,13H2,1-4H3,(H,26,29)(H,27,30)/b10-6+. The molecule has 33 heavy (non-hydrogen) atoms. The highest BCUT2D eigenvalue weighted by molar-refractivity contribution is 6.34. The summed E-state index contributed by atoms with van der Waals surface area (Å²) in [7, 11) is 1.55. The number of methoxy groups -OCH3 is 1. The number of benzene rings is 2. The topological polar surface area (TPSA) is 103 Å². The van der Waals surface area contributed by atoms with Gasteiger partial charge in [-0.1, -0.05) is 22.8 Å². The van der Waals surface area contributed by atoms with Crippen LogP contribution in [0.5, 0.6) is 11.5 Å². The maximum Gasteiger partial charge on any atom is 0.248 e. The molecule has 1 aromatic heterocycles. The van der Waals surface area contributed by atoms with Gasteiger partial charge in [0.05, 0.1) is 29.1 Å². The molecule has 0 saturated carbocycles. The molecule has 0 aliphatic heterocycles. The summed E-state index contributed by atoms with van der Waals surface area (Å²) in [4.78, 5) is 23.5. The largest absolute Gasteiger partial charge is 0.493 e. The number of anilines is 2. The van der Waals surface area contributed by atoms with Crippen LogP contribution >= 0.6 is 11.6 Å². The minimum atomic E-state index is -0.359. The maximum atomic E-state index is 12.3. The number of hydrogen-bond donors (Lipinski definition) is 2. The average Bonchev–Trinajstić information content (AvgIpc) is 3.09. The number of hydrogen-bond acceptors (Lipinski definition) is 6. The van der Waals surface area contributed by atoms with E-state index in [1.54, 1.807) is 43.5 Å². The molecular formula is C24H24ClN3O5. The first-order valence-electron chi connectivity index (χ1n) is 10.1. The van der Waals surface area contributed by atoms with E-state index in [-0.39, 0.29) is 11.8 Å². The molecule has 2 amide bonds. The van der Waals surface area contributed by atoms with Crippen molar-refractivity contribution in [3.8, 4) is 11.5 Å². The number of nitrogens with zero attached hydrogens (tertiary/aromatic N) is 1. The molecule has 172 valence electrons. The van der Waals surface area contributed by atoms with Crippen molar-refractivity contribution in [1.29, 1.82) is 0 Å².